The van der Waals surface area contributed by atoms with Gasteiger partial charge in [-0.25, -0.2) is 9.18 Å². The molecule has 1 aliphatic rings. The highest BCUT2D eigenvalue weighted by molar-refractivity contribution is 5.90. The van der Waals surface area contributed by atoms with Crippen molar-refractivity contribution in [2.24, 2.45) is 0 Å². The zero-order valence-electron chi connectivity index (χ0n) is 12.1. The Kier molecular flexibility index (Phi) is 3.50. The summed E-state index contributed by atoms with van der Waals surface area (Å²) in [6.07, 6.45) is 0.271. The van der Waals surface area contributed by atoms with E-state index >= 15 is 0 Å². The van der Waals surface area contributed by atoms with Gasteiger partial charge in [0.15, 0.2) is 0 Å². The van der Waals surface area contributed by atoms with Crippen molar-refractivity contribution in [1.29, 1.82) is 0 Å². The van der Waals surface area contributed by atoms with Crippen molar-refractivity contribution in [2.45, 2.75) is 51.4 Å². The molecule has 1 aromatic carbocycles. The largest absolute Gasteiger partial charge is 0.486 e. The molecule has 1 atom stereocenters. The van der Waals surface area contributed by atoms with Crippen LogP contribution in [0.25, 0.3) is 0 Å². The van der Waals surface area contributed by atoms with E-state index in [1.807, 2.05) is 27.7 Å². The van der Waals surface area contributed by atoms with Gasteiger partial charge in [-0.2, -0.15) is 0 Å². The van der Waals surface area contributed by atoms with Crippen molar-refractivity contribution in [2.75, 3.05) is 0 Å². The molecule has 1 saturated heterocycles. The number of rotatable bonds is 3. The maximum atomic E-state index is 13.3. The minimum absolute atomic E-state index is 0.0388. The number of carboxylic acid groups (broad SMARTS) is 1. The average Bonchev–Trinajstić information content (AvgIpc) is 2.46. The van der Waals surface area contributed by atoms with Crippen LogP contribution in [-0.4, -0.2) is 28.4 Å². The zero-order valence-corrected chi connectivity index (χ0v) is 12.1. The number of halogens is 1. The normalized spacial score (nSPS) is 23.6. The Morgan fingerprint density at radius 3 is 2.55 bits per heavy atom. The number of hydrogen-bond donors (Lipinski definition) is 1. The lowest BCUT2D eigenvalue weighted by Gasteiger charge is -2.27. The highest BCUT2D eigenvalue weighted by Crippen LogP contribution is 2.40. The number of carbonyl (C=O) groups is 1. The van der Waals surface area contributed by atoms with Gasteiger partial charge in [-0.05, 0) is 39.8 Å². The second kappa shape index (κ2) is 4.74. The number of ether oxygens (including phenoxy) is 2. The van der Waals surface area contributed by atoms with Crippen molar-refractivity contribution >= 4 is 5.97 Å². The standard InChI is InChI=1S/C15H19FO4/c1-14(2)8-12(15(3,4)20-14)19-11-7-9(16)5-6-10(11)13(17)18/h5-7,12H,8H2,1-4H3,(H,17,18). The van der Waals surface area contributed by atoms with E-state index in [0.29, 0.717) is 6.42 Å². The van der Waals surface area contributed by atoms with Gasteiger partial charge in [0.05, 0.1) is 5.60 Å². The molecule has 110 valence electrons. The highest BCUT2D eigenvalue weighted by atomic mass is 19.1. The molecule has 1 N–H and O–H groups in total. The van der Waals surface area contributed by atoms with E-state index in [2.05, 4.69) is 0 Å². The summed E-state index contributed by atoms with van der Waals surface area (Å²) < 4.78 is 25.0. The van der Waals surface area contributed by atoms with Gasteiger partial charge in [0, 0.05) is 12.5 Å². The number of hydrogen-bond acceptors (Lipinski definition) is 3. The molecular weight excluding hydrogens is 263 g/mol. The molecule has 0 amide bonds. The third-order valence-electron chi connectivity index (χ3n) is 3.44. The first-order chi connectivity index (χ1) is 9.11. The van der Waals surface area contributed by atoms with E-state index in [9.17, 15) is 9.18 Å². The van der Waals surface area contributed by atoms with E-state index in [1.54, 1.807) is 0 Å². The third-order valence-corrected chi connectivity index (χ3v) is 3.44. The van der Waals surface area contributed by atoms with Gasteiger partial charge in [-0.15, -0.1) is 0 Å². The van der Waals surface area contributed by atoms with Crippen LogP contribution in [-0.2, 0) is 4.74 Å². The average molecular weight is 282 g/mol. The Morgan fingerprint density at radius 2 is 2.05 bits per heavy atom. The fourth-order valence-corrected chi connectivity index (χ4v) is 2.62. The molecular formula is C15H19FO4. The summed E-state index contributed by atoms with van der Waals surface area (Å²) in [5.41, 5.74) is -0.969. The van der Waals surface area contributed by atoms with Crippen molar-refractivity contribution in [3.63, 3.8) is 0 Å². The first-order valence-electron chi connectivity index (χ1n) is 6.50. The van der Waals surface area contributed by atoms with Crippen LogP contribution >= 0.6 is 0 Å². The maximum Gasteiger partial charge on any atom is 0.339 e. The molecule has 0 spiro atoms. The number of benzene rings is 1. The summed E-state index contributed by atoms with van der Waals surface area (Å²) >= 11 is 0. The topological polar surface area (TPSA) is 55.8 Å². The predicted octanol–water partition coefficient (Wildman–Crippen LogP) is 3.25. The van der Waals surface area contributed by atoms with Gasteiger partial charge in [-0.3, -0.25) is 0 Å². The molecule has 1 heterocycles. The summed E-state index contributed by atoms with van der Waals surface area (Å²) in [4.78, 5) is 11.2. The second-order valence-corrected chi connectivity index (χ2v) is 6.22. The lowest BCUT2D eigenvalue weighted by Crippen LogP contribution is -2.37. The summed E-state index contributed by atoms with van der Waals surface area (Å²) in [5, 5.41) is 9.13. The van der Waals surface area contributed by atoms with Gasteiger partial charge in [-0.1, -0.05) is 0 Å². The van der Waals surface area contributed by atoms with E-state index in [1.165, 1.54) is 6.07 Å². The minimum Gasteiger partial charge on any atom is -0.486 e. The molecule has 2 rings (SSSR count). The summed E-state index contributed by atoms with van der Waals surface area (Å²) in [6.45, 7) is 7.65. The molecule has 1 aromatic rings. The highest BCUT2D eigenvalue weighted by Gasteiger charge is 2.47. The Balaban J connectivity index is 2.30. The summed E-state index contributed by atoms with van der Waals surface area (Å²) in [6, 6.07) is 3.42. The zero-order chi connectivity index (χ0) is 15.1. The molecule has 0 aliphatic carbocycles. The molecule has 5 heteroatoms. The SMILES string of the molecule is CC1(C)CC(Oc2cc(F)ccc2C(=O)O)C(C)(C)O1. The number of carboxylic acids is 1. The molecule has 1 aliphatic heterocycles. The maximum absolute atomic E-state index is 13.3. The number of aromatic carboxylic acids is 1. The summed E-state index contributed by atoms with van der Waals surface area (Å²) in [7, 11) is 0. The monoisotopic (exact) mass is 282 g/mol. The molecule has 0 saturated carbocycles. The van der Waals surface area contributed by atoms with Crippen LogP contribution in [0.5, 0.6) is 5.75 Å². The van der Waals surface area contributed by atoms with Crippen molar-refractivity contribution < 1.29 is 23.8 Å². The Hall–Kier alpha value is -1.62. The Bertz CT molecular complexity index is 537. The minimum atomic E-state index is -1.14. The smallest absolute Gasteiger partial charge is 0.339 e. The van der Waals surface area contributed by atoms with Crippen LogP contribution in [0.4, 0.5) is 4.39 Å². The molecule has 1 unspecified atom stereocenters. The predicted molar refractivity (Wildman–Crippen MR) is 71.6 cm³/mol. The van der Waals surface area contributed by atoms with Gasteiger partial charge in [0.1, 0.15) is 28.8 Å². The molecule has 1 fully saturated rings. The molecule has 0 aromatic heterocycles. The van der Waals surface area contributed by atoms with Gasteiger partial charge < -0.3 is 14.6 Å². The van der Waals surface area contributed by atoms with E-state index in [4.69, 9.17) is 14.6 Å². The lowest BCUT2D eigenvalue weighted by molar-refractivity contribution is -0.0847. The lowest BCUT2D eigenvalue weighted by atomic mass is 9.97. The molecule has 0 bridgehead atoms. The molecule has 20 heavy (non-hydrogen) atoms. The van der Waals surface area contributed by atoms with Crippen molar-refractivity contribution in [3.8, 4) is 5.75 Å². The van der Waals surface area contributed by atoms with Gasteiger partial charge in [0.2, 0.25) is 0 Å². The van der Waals surface area contributed by atoms with E-state index in [0.717, 1.165) is 12.1 Å². The van der Waals surface area contributed by atoms with Gasteiger partial charge >= 0.3 is 5.97 Å². The fraction of sp³-hybridized carbons (Fsp3) is 0.533. The Morgan fingerprint density at radius 1 is 1.40 bits per heavy atom. The first kappa shape index (κ1) is 14.8. The van der Waals surface area contributed by atoms with Crippen LogP contribution in [0.3, 0.4) is 0 Å². The third kappa shape index (κ3) is 2.93. The quantitative estimate of drug-likeness (QED) is 0.924. The molecule has 4 nitrogen and oxygen atoms in total. The van der Waals surface area contributed by atoms with E-state index < -0.39 is 17.4 Å². The molecule has 0 radical (unpaired) electrons. The van der Waals surface area contributed by atoms with Crippen LogP contribution in [0.15, 0.2) is 18.2 Å². The fourth-order valence-electron chi connectivity index (χ4n) is 2.62. The van der Waals surface area contributed by atoms with Crippen molar-refractivity contribution in [1.82, 2.24) is 0 Å². The van der Waals surface area contributed by atoms with Crippen LogP contribution in [0.2, 0.25) is 0 Å². The van der Waals surface area contributed by atoms with Crippen LogP contribution in [0, 0.1) is 5.82 Å². The van der Waals surface area contributed by atoms with Crippen LogP contribution < -0.4 is 4.74 Å². The second-order valence-electron chi connectivity index (χ2n) is 6.22. The Labute approximate surface area is 117 Å². The first-order valence-corrected chi connectivity index (χ1v) is 6.50. The van der Waals surface area contributed by atoms with Crippen LogP contribution in [0.1, 0.15) is 44.5 Å². The van der Waals surface area contributed by atoms with Crippen molar-refractivity contribution in [3.05, 3.63) is 29.6 Å². The summed E-state index contributed by atoms with van der Waals surface area (Å²) in [5.74, 6) is -1.63. The van der Waals surface area contributed by atoms with E-state index in [-0.39, 0.29) is 23.0 Å². The van der Waals surface area contributed by atoms with Gasteiger partial charge in [0.25, 0.3) is 0 Å².